The molecular weight excluding hydrogens is 324 g/mol. The first-order chi connectivity index (χ1) is 12.5. The van der Waals surface area contributed by atoms with Gasteiger partial charge in [0.2, 0.25) is 0 Å². The van der Waals surface area contributed by atoms with Crippen LogP contribution in [-0.2, 0) is 0 Å². The van der Waals surface area contributed by atoms with Crippen molar-refractivity contribution < 1.29 is 14.9 Å². The molecule has 0 aromatic heterocycles. The molecule has 132 valence electrons. The maximum absolute atomic E-state index is 9.92. The van der Waals surface area contributed by atoms with Gasteiger partial charge in [0.05, 0.1) is 0 Å². The molecule has 3 aromatic rings. The van der Waals surface area contributed by atoms with Gasteiger partial charge >= 0.3 is 0 Å². The minimum atomic E-state index is -0.468. The second-order valence-corrected chi connectivity index (χ2v) is 7.39. The van der Waals surface area contributed by atoms with Crippen molar-refractivity contribution in [1.29, 1.82) is 0 Å². The highest BCUT2D eigenvalue weighted by atomic mass is 16.5. The number of phenols is 2. The average molecular weight is 346 g/mol. The molecular formula is C23H22O3. The summed E-state index contributed by atoms with van der Waals surface area (Å²) in [6, 6.07) is 23.1. The smallest absolute Gasteiger partial charge is 0.127 e. The Morgan fingerprint density at radius 1 is 0.769 bits per heavy atom. The van der Waals surface area contributed by atoms with Crippen molar-refractivity contribution in [2.75, 3.05) is 0 Å². The minimum absolute atomic E-state index is 0.0531. The van der Waals surface area contributed by atoms with E-state index in [1.54, 1.807) is 24.3 Å². The summed E-state index contributed by atoms with van der Waals surface area (Å²) in [7, 11) is 0. The number of phenolic OH excluding ortho intramolecular Hbond substituents is 2. The topological polar surface area (TPSA) is 49.7 Å². The van der Waals surface area contributed by atoms with Crippen molar-refractivity contribution in [3.8, 4) is 17.2 Å². The summed E-state index contributed by atoms with van der Waals surface area (Å²) in [4.78, 5) is 0. The molecule has 0 fully saturated rings. The van der Waals surface area contributed by atoms with Crippen LogP contribution in [0.5, 0.6) is 17.2 Å². The van der Waals surface area contributed by atoms with Crippen LogP contribution in [0.4, 0.5) is 0 Å². The van der Waals surface area contributed by atoms with Gasteiger partial charge in [0.15, 0.2) is 0 Å². The van der Waals surface area contributed by atoms with Gasteiger partial charge in [0, 0.05) is 23.5 Å². The van der Waals surface area contributed by atoms with E-state index < -0.39 is 5.60 Å². The molecule has 0 bridgehead atoms. The molecule has 4 rings (SSSR count). The largest absolute Gasteiger partial charge is 0.508 e. The number of hydrogen-bond donors (Lipinski definition) is 2. The second-order valence-electron chi connectivity index (χ2n) is 7.39. The first kappa shape index (κ1) is 16.5. The first-order valence-corrected chi connectivity index (χ1v) is 8.81. The van der Waals surface area contributed by atoms with Crippen LogP contribution in [0, 0.1) is 0 Å². The Morgan fingerprint density at radius 2 is 1.42 bits per heavy atom. The Bertz CT molecular complexity index is 914. The standard InChI is InChI=1S/C23H22O3/c1-23(2)22(16-6-4-3-5-7-16)21(15-8-10-17(24)11-9-15)19-13-12-18(25)14-20(19)26-23/h3-14,21-22,24-25H,1-2H3. The minimum Gasteiger partial charge on any atom is -0.508 e. The quantitative estimate of drug-likeness (QED) is 0.672. The lowest BCUT2D eigenvalue weighted by atomic mass is 9.68. The summed E-state index contributed by atoms with van der Waals surface area (Å²) in [6.45, 7) is 4.18. The molecule has 1 heterocycles. The molecule has 0 amide bonds. The van der Waals surface area contributed by atoms with E-state index >= 15 is 0 Å². The fourth-order valence-corrected chi connectivity index (χ4v) is 4.10. The summed E-state index contributed by atoms with van der Waals surface area (Å²) in [5.41, 5.74) is 2.89. The first-order valence-electron chi connectivity index (χ1n) is 8.81. The third kappa shape index (κ3) is 2.80. The van der Waals surface area contributed by atoms with Crippen LogP contribution in [-0.4, -0.2) is 15.8 Å². The highest BCUT2D eigenvalue weighted by Crippen LogP contribution is 2.53. The van der Waals surface area contributed by atoms with Crippen molar-refractivity contribution in [3.05, 3.63) is 89.5 Å². The Hall–Kier alpha value is -2.94. The van der Waals surface area contributed by atoms with E-state index in [2.05, 4.69) is 26.0 Å². The van der Waals surface area contributed by atoms with E-state index in [4.69, 9.17) is 4.74 Å². The molecule has 1 aliphatic heterocycles. The summed E-state index contributed by atoms with van der Waals surface area (Å²) < 4.78 is 6.33. The van der Waals surface area contributed by atoms with Crippen LogP contribution < -0.4 is 4.74 Å². The van der Waals surface area contributed by atoms with Gasteiger partial charge in [-0.1, -0.05) is 48.5 Å². The number of benzene rings is 3. The maximum atomic E-state index is 9.92. The Balaban J connectivity index is 1.95. The fraction of sp³-hybridized carbons (Fsp3) is 0.217. The lowest BCUT2D eigenvalue weighted by molar-refractivity contribution is 0.0528. The van der Waals surface area contributed by atoms with Crippen LogP contribution in [0.2, 0.25) is 0 Å². The number of ether oxygens (including phenoxy) is 1. The molecule has 0 radical (unpaired) electrons. The monoisotopic (exact) mass is 346 g/mol. The second kappa shape index (κ2) is 6.10. The van der Waals surface area contributed by atoms with Gasteiger partial charge in [-0.3, -0.25) is 0 Å². The Kier molecular flexibility index (Phi) is 3.87. The zero-order valence-corrected chi connectivity index (χ0v) is 14.9. The lowest BCUT2D eigenvalue weighted by Crippen LogP contribution is -2.43. The van der Waals surface area contributed by atoms with Crippen molar-refractivity contribution >= 4 is 0 Å². The SMILES string of the molecule is CC1(C)Oc2cc(O)ccc2C(c2ccc(O)cc2)C1c1ccccc1. The number of aromatic hydroxyl groups is 2. The van der Waals surface area contributed by atoms with E-state index in [0.717, 1.165) is 11.1 Å². The molecule has 3 nitrogen and oxygen atoms in total. The van der Waals surface area contributed by atoms with Gasteiger partial charge < -0.3 is 14.9 Å². The van der Waals surface area contributed by atoms with E-state index in [9.17, 15) is 10.2 Å². The third-order valence-corrected chi connectivity index (χ3v) is 5.20. The fourth-order valence-electron chi connectivity index (χ4n) is 4.10. The van der Waals surface area contributed by atoms with Crippen molar-refractivity contribution in [1.82, 2.24) is 0 Å². The van der Waals surface area contributed by atoms with Crippen LogP contribution in [0.15, 0.2) is 72.8 Å². The number of rotatable bonds is 2. The van der Waals surface area contributed by atoms with Crippen LogP contribution in [0.25, 0.3) is 0 Å². The molecule has 26 heavy (non-hydrogen) atoms. The van der Waals surface area contributed by atoms with E-state index in [1.807, 2.05) is 36.4 Å². The van der Waals surface area contributed by atoms with Gasteiger partial charge in [0.25, 0.3) is 0 Å². The van der Waals surface area contributed by atoms with Gasteiger partial charge in [-0.25, -0.2) is 0 Å². The highest BCUT2D eigenvalue weighted by molar-refractivity contribution is 5.52. The average Bonchev–Trinajstić information content (AvgIpc) is 2.61. The molecule has 2 atom stereocenters. The van der Waals surface area contributed by atoms with Crippen molar-refractivity contribution in [2.45, 2.75) is 31.3 Å². The van der Waals surface area contributed by atoms with Crippen LogP contribution in [0.3, 0.4) is 0 Å². The Labute approximate surface area is 153 Å². The van der Waals surface area contributed by atoms with Gasteiger partial charge in [-0.05, 0) is 43.2 Å². The molecule has 3 aromatic carbocycles. The lowest BCUT2D eigenvalue weighted by Gasteiger charge is -2.45. The molecule has 0 spiro atoms. The summed E-state index contributed by atoms with van der Waals surface area (Å²) in [6.07, 6.45) is 0. The molecule has 0 saturated heterocycles. The predicted octanol–water partition coefficient (Wildman–Crippen LogP) is 5.18. The van der Waals surface area contributed by atoms with E-state index in [0.29, 0.717) is 5.75 Å². The Morgan fingerprint density at radius 3 is 2.12 bits per heavy atom. The van der Waals surface area contributed by atoms with Crippen LogP contribution in [0.1, 0.15) is 42.4 Å². The highest BCUT2D eigenvalue weighted by Gasteiger charge is 2.45. The normalized spacial score (nSPS) is 20.8. The van der Waals surface area contributed by atoms with Crippen molar-refractivity contribution in [3.63, 3.8) is 0 Å². The van der Waals surface area contributed by atoms with Gasteiger partial charge in [-0.15, -0.1) is 0 Å². The summed E-state index contributed by atoms with van der Waals surface area (Å²) in [5.74, 6) is 1.30. The third-order valence-electron chi connectivity index (χ3n) is 5.20. The molecule has 1 aliphatic rings. The maximum Gasteiger partial charge on any atom is 0.127 e. The number of hydrogen-bond acceptors (Lipinski definition) is 3. The van der Waals surface area contributed by atoms with E-state index in [1.165, 1.54) is 5.56 Å². The van der Waals surface area contributed by atoms with Crippen LogP contribution >= 0.6 is 0 Å². The zero-order chi connectivity index (χ0) is 18.3. The molecule has 0 aliphatic carbocycles. The molecule has 0 saturated carbocycles. The van der Waals surface area contributed by atoms with Crippen molar-refractivity contribution in [2.24, 2.45) is 0 Å². The molecule has 2 N–H and O–H groups in total. The van der Waals surface area contributed by atoms with Gasteiger partial charge in [-0.2, -0.15) is 0 Å². The zero-order valence-electron chi connectivity index (χ0n) is 14.9. The molecule has 3 heteroatoms. The van der Waals surface area contributed by atoms with Gasteiger partial charge in [0.1, 0.15) is 22.8 Å². The summed E-state index contributed by atoms with van der Waals surface area (Å²) >= 11 is 0. The summed E-state index contributed by atoms with van der Waals surface area (Å²) in [5, 5.41) is 19.6. The predicted molar refractivity (Wildman–Crippen MR) is 102 cm³/mol. The molecule has 2 unspecified atom stereocenters. The number of fused-ring (bicyclic) bond motifs is 1. The van der Waals surface area contributed by atoms with E-state index in [-0.39, 0.29) is 23.3 Å².